The molecule has 4 aromatic carbocycles. The van der Waals surface area contributed by atoms with Crippen molar-refractivity contribution >= 4 is 28.1 Å². The summed E-state index contributed by atoms with van der Waals surface area (Å²) in [7, 11) is 1.59. The molecule has 0 atom stereocenters. The van der Waals surface area contributed by atoms with E-state index in [2.05, 4.69) is 17.2 Å². The van der Waals surface area contributed by atoms with Crippen molar-refractivity contribution in [2.45, 2.75) is 84.0 Å². The Balaban J connectivity index is 1.26. The number of esters is 1. The van der Waals surface area contributed by atoms with E-state index in [1.807, 2.05) is 66.7 Å². The maximum Gasteiger partial charge on any atom is 0.343 e. The minimum absolute atomic E-state index is 0.333. The van der Waals surface area contributed by atoms with E-state index in [-0.39, 0.29) is 0 Å². The molecule has 44 heavy (non-hydrogen) atoms. The number of methoxy groups -OCH3 is 1. The van der Waals surface area contributed by atoms with Gasteiger partial charge in [-0.05, 0) is 54.3 Å². The smallest absolute Gasteiger partial charge is 0.343 e. The zero-order valence-electron chi connectivity index (χ0n) is 26.3. The van der Waals surface area contributed by atoms with Crippen LogP contribution < -0.4 is 14.2 Å². The molecule has 232 valence electrons. The average molecular weight is 595 g/mol. The molecule has 4 rings (SSSR count). The van der Waals surface area contributed by atoms with Crippen LogP contribution in [0.4, 0.5) is 11.4 Å². The number of benzene rings is 4. The van der Waals surface area contributed by atoms with Crippen molar-refractivity contribution in [3.63, 3.8) is 0 Å². The van der Waals surface area contributed by atoms with Crippen molar-refractivity contribution in [3.8, 4) is 17.2 Å². The summed E-state index contributed by atoms with van der Waals surface area (Å²) in [6.07, 6.45) is 15.8. The van der Waals surface area contributed by atoms with Gasteiger partial charge in [0.1, 0.15) is 22.9 Å². The Bertz CT molecular complexity index is 1470. The van der Waals surface area contributed by atoms with E-state index in [0.29, 0.717) is 35.0 Å². The monoisotopic (exact) mass is 594 g/mol. The van der Waals surface area contributed by atoms with E-state index < -0.39 is 5.97 Å². The Morgan fingerprint density at radius 1 is 0.636 bits per heavy atom. The molecule has 0 aromatic heterocycles. The molecule has 0 aliphatic carbocycles. The van der Waals surface area contributed by atoms with Gasteiger partial charge in [-0.25, -0.2) is 4.79 Å². The van der Waals surface area contributed by atoms with Gasteiger partial charge in [-0.3, -0.25) is 0 Å². The summed E-state index contributed by atoms with van der Waals surface area (Å²) >= 11 is 0. The summed E-state index contributed by atoms with van der Waals surface area (Å²) in [5, 5.41) is 10.7. The lowest BCUT2D eigenvalue weighted by molar-refractivity contribution is 0.0735. The lowest BCUT2D eigenvalue weighted by Gasteiger charge is -2.11. The highest BCUT2D eigenvalue weighted by Crippen LogP contribution is 2.38. The van der Waals surface area contributed by atoms with E-state index in [9.17, 15) is 4.79 Å². The number of unbranched alkanes of at least 4 members (excludes halogenated alkanes) is 11. The van der Waals surface area contributed by atoms with Gasteiger partial charge < -0.3 is 14.2 Å². The molecular weight excluding hydrogens is 548 g/mol. The molecular formula is C38H46N2O4. The summed E-state index contributed by atoms with van der Waals surface area (Å²) in [4.78, 5) is 13.1. The number of fused-ring (bicyclic) bond motifs is 1. The fourth-order valence-corrected chi connectivity index (χ4v) is 5.22. The molecule has 6 nitrogen and oxygen atoms in total. The van der Waals surface area contributed by atoms with E-state index in [1.54, 1.807) is 25.3 Å². The first kappa shape index (κ1) is 32.7. The lowest BCUT2D eigenvalue weighted by Crippen LogP contribution is -2.08. The third-order valence-corrected chi connectivity index (χ3v) is 7.77. The number of ether oxygens (including phenoxy) is 3. The standard InChI is InChI=1S/C38H46N2O4/c1-3-4-5-6-7-8-9-10-11-12-13-18-29-43-32-26-23-31(24-27-32)38(41)44-36-28-25-30-19-14-15-20-33(30)37(36)40-39-34-21-16-17-22-35(34)42-2/h14-17,19-28H,3-13,18,29H2,1-2H3. The van der Waals surface area contributed by atoms with Gasteiger partial charge >= 0.3 is 5.97 Å². The molecule has 0 radical (unpaired) electrons. The Morgan fingerprint density at radius 2 is 1.27 bits per heavy atom. The zero-order valence-corrected chi connectivity index (χ0v) is 26.3. The first-order chi connectivity index (χ1) is 21.7. The SMILES string of the molecule is CCCCCCCCCCCCCCOc1ccc(C(=O)Oc2ccc3ccccc3c2N=Nc2ccccc2OC)cc1. The fourth-order valence-electron chi connectivity index (χ4n) is 5.22. The zero-order chi connectivity index (χ0) is 30.8. The highest BCUT2D eigenvalue weighted by Gasteiger charge is 2.15. The summed E-state index contributed by atoms with van der Waals surface area (Å²) in [5.74, 6) is 1.22. The van der Waals surface area contributed by atoms with E-state index >= 15 is 0 Å². The van der Waals surface area contributed by atoms with E-state index in [4.69, 9.17) is 14.2 Å². The van der Waals surface area contributed by atoms with Gasteiger partial charge in [0.25, 0.3) is 0 Å². The molecule has 0 unspecified atom stereocenters. The second kappa shape index (κ2) is 18.5. The van der Waals surface area contributed by atoms with Crippen LogP contribution in [0.5, 0.6) is 17.2 Å². The molecule has 0 heterocycles. The third-order valence-electron chi connectivity index (χ3n) is 7.77. The molecule has 0 amide bonds. The molecule has 4 aromatic rings. The van der Waals surface area contributed by atoms with Gasteiger partial charge in [0.15, 0.2) is 5.75 Å². The minimum atomic E-state index is -0.471. The number of carbonyl (C=O) groups excluding carboxylic acids is 1. The van der Waals surface area contributed by atoms with Gasteiger partial charge in [0.05, 0.1) is 19.3 Å². The van der Waals surface area contributed by atoms with Crippen LogP contribution in [0.25, 0.3) is 10.8 Å². The molecule has 0 N–H and O–H groups in total. The fraction of sp³-hybridized carbons (Fsp3) is 0.395. The van der Waals surface area contributed by atoms with E-state index in [0.717, 1.165) is 22.9 Å². The van der Waals surface area contributed by atoms with Crippen LogP contribution in [-0.2, 0) is 0 Å². The number of hydrogen-bond acceptors (Lipinski definition) is 6. The molecule has 0 aliphatic rings. The Labute approximate surface area is 262 Å². The van der Waals surface area contributed by atoms with Crippen LogP contribution in [0.15, 0.2) is 95.2 Å². The van der Waals surface area contributed by atoms with Crippen molar-refractivity contribution in [2.24, 2.45) is 10.2 Å². The molecule has 0 saturated heterocycles. The Kier molecular flexibility index (Phi) is 13.7. The predicted octanol–water partition coefficient (Wildman–Crippen LogP) is 11.6. The maximum atomic E-state index is 13.1. The summed E-state index contributed by atoms with van der Waals surface area (Å²) < 4.78 is 17.2. The van der Waals surface area contributed by atoms with Gasteiger partial charge in [-0.1, -0.05) is 120 Å². The summed E-state index contributed by atoms with van der Waals surface area (Å²) in [6.45, 7) is 2.95. The number of azo groups is 1. The first-order valence-corrected chi connectivity index (χ1v) is 16.2. The van der Waals surface area contributed by atoms with Crippen molar-refractivity contribution in [2.75, 3.05) is 13.7 Å². The number of para-hydroxylation sites is 1. The second-order valence-electron chi connectivity index (χ2n) is 11.2. The molecule has 6 heteroatoms. The lowest BCUT2D eigenvalue weighted by atomic mass is 10.1. The van der Waals surface area contributed by atoms with Crippen LogP contribution in [0.2, 0.25) is 0 Å². The van der Waals surface area contributed by atoms with Crippen LogP contribution in [0.3, 0.4) is 0 Å². The van der Waals surface area contributed by atoms with Crippen LogP contribution >= 0.6 is 0 Å². The van der Waals surface area contributed by atoms with Gasteiger partial charge in [0.2, 0.25) is 0 Å². The number of carbonyl (C=O) groups is 1. The van der Waals surface area contributed by atoms with Gasteiger partial charge in [0, 0.05) is 5.39 Å². The quantitative estimate of drug-likeness (QED) is 0.0468. The molecule has 0 saturated carbocycles. The highest BCUT2D eigenvalue weighted by atomic mass is 16.5. The van der Waals surface area contributed by atoms with Crippen molar-refractivity contribution in [1.29, 1.82) is 0 Å². The van der Waals surface area contributed by atoms with Crippen LogP contribution in [0, 0.1) is 0 Å². The number of nitrogens with zero attached hydrogens (tertiary/aromatic N) is 2. The second-order valence-corrected chi connectivity index (χ2v) is 11.2. The summed E-state index contributed by atoms with van der Waals surface area (Å²) in [5.41, 5.74) is 1.49. The topological polar surface area (TPSA) is 69.5 Å². The number of hydrogen-bond donors (Lipinski definition) is 0. The van der Waals surface area contributed by atoms with Crippen molar-refractivity contribution in [1.82, 2.24) is 0 Å². The minimum Gasteiger partial charge on any atom is -0.494 e. The predicted molar refractivity (Wildman–Crippen MR) is 179 cm³/mol. The Hall–Kier alpha value is -4.19. The third kappa shape index (κ3) is 10.2. The summed E-state index contributed by atoms with van der Waals surface area (Å²) in [6, 6.07) is 26.0. The molecule has 0 bridgehead atoms. The van der Waals surface area contributed by atoms with Crippen LogP contribution in [0.1, 0.15) is 94.3 Å². The normalized spacial score (nSPS) is 11.2. The van der Waals surface area contributed by atoms with Gasteiger partial charge in [-0.2, -0.15) is 0 Å². The number of rotatable bonds is 19. The van der Waals surface area contributed by atoms with E-state index in [1.165, 1.54) is 70.6 Å². The largest absolute Gasteiger partial charge is 0.494 e. The van der Waals surface area contributed by atoms with Gasteiger partial charge in [-0.15, -0.1) is 10.2 Å². The maximum absolute atomic E-state index is 13.1. The molecule has 0 aliphatic heterocycles. The average Bonchev–Trinajstić information content (AvgIpc) is 3.06. The van der Waals surface area contributed by atoms with Crippen molar-refractivity contribution in [3.05, 3.63) is 90.5 Å². The highest BCUT2D eigenvalue weighted by molar-refractivity contribution is 5.98. The van der Waals surface area contributed by atoms with Crippen molar-refractivity contribution < 1.29 is 19.0 Å². The molecule has 0 spiro atoms. The molecule has 0 fully saturated rings. The Morgan fingerprint density at radius 3 is 1.98 bits per heavy atom. The van der Waals surface area contributed by atoms with Crippen LogP contribution in [-0.4, -0.2) is 19.7 Å². The first-order valence-electron chi connectivity index (χ1n) is 16.2.